The first-order chi connectivity index (χ1) is 25.9. The van der Waals surface area contributed by atoms with Crippen molar-refractivity contribution in [2.75, 3.05) is 40.9 Å². The Morgan fingerprint density at radius 3 is 1.94 bits per heavy atom. The molecule has 10 heteroatoms. The van der Waals surface area contributed by atoms with Crippen LogP contribution in [0.5, 0.6) is 0 Å². The number of rotatable bonds is 35. The van der Waals surface area contributed by atoms with E-state index in [1.807, 2.05) is 63.7 Å². The lowest BCUT2D eigenvalue weighted by molar-refractivity contribution is -0.870. The summed E-state index contributed by atoms with van der Waals surface area (Å²) < 4.78 is 23.4. The molecule has 0 saturated heterocycles. The third-order valence-corrected chi connectivity index (χ3v) is 9.45. The Morgan fingerprint density at radius 2 is 1.30 bits per heavy atom. The molecule has 0 aromatic rings. The van der Waals surface area contributed by atoms with E-state index in [4.69, 9.17) is 9.05 Å². The third kappa shape index (κ3) is 36.6. The van der Waals surface area contributed by atoms with E-state index < -0.39 is 26.1 Å². The zero-order chi connectivity index (χ0) is 40.2. The lowest BCUT2D eigenvalue weighted by atomic mass is 10.1. The van der Waals surface area contributed by atoms with E-state index in [0.29, 0.717) is 23.9 Å². The van der Waals surface area contributed by atoms with E-state index in [2.05, 4.69) is 49.5 Å². The smallest absolute Gasteiger partial charge is 0.389 e. The van der Waals surface area contributed by atoms with Gasteiger partial charge < -0.3 is 24.9 Å². The Kier molecular flexibility index (Phi) is 33.5. The number of aliphatic hydroxyl groups is 2. The molecule has 1 amide bonds. The molecule has 0 aromatic heterocycles. The van der Waals surface area contributed by atoms with Crippen molar-refractivity contribution in [1.29, 1.82) is 0 Å². The van der Waals surface area contributed by atoms with E-state index in [1.165, 1.54) is 51.4 Å². The van der Waals surface area contributed by atoms with Gasteiger partial charge in [0.05, 0.1) is 46.0 Å². The number of phosphoric ester groups is 1. The van der Waals surface area contributed by atoms with Crippen LogP contribution < -0.4 is 5.32 Å². The van der Waals surface area contributed by atoms with E-state index >= 15 is 0 Å². The van der Waals surface area contributed by atoms with E-state index in [-0.39, 0.29) is 25.5 Å². The van der Waals surface area contributed by atoms with Crippen LogP contribution in [0.25, 0.3) is 0 Å². The Balaban J connectivity index is 4.69. The predicted molar refractivity (Wildman–Crippen MR) is 227 cm³/mol. The highest BCUT2D eigenvalue weighted by molar-refractivity contribution is 7.47. The van der Waals surface area contributed by atoms with Crippen LogP contribution in [0.15, 0.2) is 85.1 Å². The number of carbonyl (C=O) groups is 1. The van der Waals surface area contributed by atoms with Crippen molar-refractivity contribution in [3.05, 3.63) is 85.1 Å². The van der Waals surface area contributed by atoms with Gasteiger partial charge in [0.1, 0.15) is 13.2 Å². The number of likely N-dealkylation sites (N-methyl/N-ethyl adjacent to an activating group) is 1. The number of nitrogens with zero attached hydrogens (tertiary/aromatic N) is 1. The fourth-order valence-electron chi connectivity index (χ4n) is 5.15. The first-order valence-corrected chi connectivity index (χ1v) is 22.1. The largest absolute Gasteiger partial charge is 0.472 e. The zero-order valence-electron chi connectivity index (χ0n) is 34.5. The molecule has 0 aliphatic rings. The van der Waals surface area contributed by atoms with Crippen molar-refractivity contribution in [1.82, 2.24) is 5.32 Å². The molecule has 0 heterocycles. The maximum Gasteiger partial charge on any atom is 0.472 e. The van der Waals surface area contributed by atoms with Crippen LogP contribution in [-0.2, 0) is 18.4 Å². The first kappa shape index (κ1) is 51.6. The molecule has 2 unspecified atom stereocenters. The van der Waals surface area contributed by atoms with Crippen molar-refractivity contribution in [3.8, 4) is 0 Å². The molecule has 0 radical (unpaired) electrons. The average molecular weight is 778 g/mol. The third-order valence-electron chi connectivity index (χ3n) is 8.46. The number of unbranched alkanes of at least 4 members (excludes halogenated alkanes) is 10. The van der Waals surface area contributed by atoms with Crippen molar-refractivity contribution in [2.45, 2.75) is 148 Å². The van der Waals surface area contributed by atoms with Gasteiger partial charge in [-0.05, 0) is 51.4 Å². The molecule has 0 aromatic carbocycles. The molecule has 0 aliphatic carbocycles. The summed E-state index contributed by atoms with van der Waals surface area (Å²) in [5.74, 6) is -0.284. The maximum absolute atomic E-state index is 12.8. The molecule has 0 bridgehead atoms. The first-order valence-electron chi connectivity index (χ1n) is 20.6. The summed E-state index contributed by atoms with van der Waals surface area (Å²) >= 11 is 0. The van der Waals surface area contributed by atoms with E-state index in [0.717, 1.165) is 44.9 Å². The van der Waals surface area contributed by atoms with Gasteiger partial charge in [-0.2, -0.15) is 0 Å². The molecular weight excluding hydrogens is 699 g/mol. The second-order valence-corrected chi connectivity index (χ2v) is 16.3. The highest BCUT2D eigenvalue weighted by atomic mass is 31.2. The number of hydrogen-bond donors (Lipinski definition) is 4. The second-order valence-electron chi connectivity index (χ2n) is 14.8. The molecule has 0 fully saturated rings. The average Bonchev–Trinajstić information content (AvgIpc) is 3.11. The van der Waals surface area contributed by atoms with E-state index in [9.17, 15) is 24.5 Å². The molecule has 9 nitrogen and oxygen atoms in total. The van der Waals surface area contributed by atoms with Gasteiger partial charge in [0.2, 0.25) is 5.91 Å². The normalized spacial score (nSPS) is 15.9. The topological polar surface area (TPSA) is 125 Å². The maximum atomic E-state index is 12.8. The minimum absolute atomic E-state index is 0.0341. The van der Waals surface area contributed by atoms with Crippen LogP contribution in [-0.4, -0.2) is 84.6 Å². The van der Waals surface area contributed by atoms with Crippen LogP contribution in [0, 0.1) is 0 Å². The van der Waals surface area contributed by atoms with Gasteiger partial charge in [-0.15, -0.1) is 0 Å². The van der Waals surface area contributed by atoms with Gasteiger partial charge in [0.25, 0.3) is 0 Å². The van der Waals surface area contributed by atoms with Crippen LogP contribution >= 0.6 is 7.82 Å². The Labute approximate surface area is 329 Å². The summed E-state index contributed by atoms with van der Waals surface area (Å²) in [4.78, 5) is 23.0. The monoisotopic (exact) mass is 778 g/mol. The lowest BCUT2D eigenvalue weighted by Crippen LogP contribution is -2.45. The molecule has 54 heavy (non-hydrogen) atoms. The minimum Gasteiger partial charge on any atom is -0.389 e. The standard InChI is InChI=1S/C44H77N2O7P/c1-6-8-10-12-14-15-16-17-21-24-28-32-36-43(48)42(40-53-54(50,51)52-39-38-46(3,4)5)45-44(49)37-33-29-25-22-19-18-20-23-27-31-35-41(47)34-30-26-13-11-9-7-2/h9,11,18-19,23,25-27,29-32,35-36,41-43,47-48H,6-8,10,12-17,20-22,24,28,33-34,37-40H2,1-5H3,(H-,45,49,50,51)/p+1/b11-9-,19-18-,27-23-,29-25-,30-26-,35-31+,36-32+/t41?,42-,43+/m0/s1. The number of nitrogens with one attached hydrogen (secondary N) is 1. The van der Waals surface area contributed by atoms with Gasteiger partial charge in [-0.1, -0.05) is 157 Å². The summed E-state index contributed by atoms with van der Waals surface area (Å²) in [5.41, 5.74) is 0. The second kappa shape index (κ2) is 35.1. The van der Waals surface area contributed by atoms with Gasteiger partial charge >= 0.3 is 7.82 Å². The molecule has 310 valence electrons. The summed E-state index contributed by atoms with van der Waals surface area (Å²) in [6.45, 7) is 4.52. The fourth-order valence-corrected chi connectivity index (χ4v) is 5.88. The van der Waals surface area contributed by atoms with Crippen molar-refractivity contribution in [2.24, 2.45) is 0 Å². The molecular formula is C44H78N2O7P+. The van der Waals surface area contributed by atoms with Gasteiger partial charge in [0, 0.05) is 6.42 Å². The molecule has 4 N–H and O–H groups in total. The Morgan fingerprint density at radius 1 is 0.704 bits per heavy atom. The Bertz CT molecular complexity index is 1170. The Hall–Kier alpha value is -2.36. The predicted octanol–water partition coefficient (Wildman–Crippen LogP) is 9.99. The number of phosphoric acid groups is 1. The molecule has 0 rings (SSSR count). The number of quaternary nitrogens is 1. The molecule has 0 saturated carbocycles. The summed E-state index contributed by atoms with van der Waals surface area (Å²) in [5, 5.41) is 23.7. The number of aliphatic hydroxyl groups excluding tert-OH is 2. The number of allylic oxidation sites excluding steroid dienone is 11. The van der Waals surface area contributed by atoms with Crippen LogP contribution in [0.2, 0.25) is 0 Å². The van der Waals surface area contributed by atoms with Crippen molar-refractivity contribution < 1.29 is 38.0 Å². The summed E-state index contributed by atoms with van der Waals surface area (Å²) in [6.07, 6.45) is 44.0. The van der Waals surface area contributed by atoms with Crippen molar-refractivity contribution >= 4 is 13.7 Å². The van der Waals surface area contributed by atoms with Gasteiger partial charge in [-0.25, -0.2) is 4.57 Å². The summed E-state index contributed by atoms with van der Waals surface area (Å²) in [6, 6.07) is -0.906. The van der Waals surface area contributed by atoms with Crippen LogP contribution in [0.4, 0.5) is 0 Å². The quantitative estimate of drug-likeness (QED) is 0.0166. The fraction of sp³-hybridized carbons (Fsp3) is 0.659. The SMILES string of the molecule is CC/C=C\C/C=C\CC(O)/C=C/C=C\C/C=C\C/C=C\CCC(=O)N[C@@H](COP(=O)(O)OCC[N+](C)(C)C)[C@H](O)/C=C/CCCCCCCCCCCC. The van der Waals surface area contributed by atoms with E-state index in [1.54, 1.807) is 12.2 Å². The molecule has 0 spiro atoms. The van der Waals surface area contributed by atoms with Crippen LogP contribution in [0.1, 0.15) is 129 Å². The van der Waals surface area contributed by atoms with Crippen molar-refractivity contribution in [3.63, 3.8) is 0 Å². The summed E-state index contributed by atoms with van der Waals surface area (Å²) in [7, 11) is 1.48. The number of amides is 1. The molecule has 0 aliphatic heterocycles. The highest BCUT2D eigenvalue weighted by Crippen LogP contribution is 2.43. The molecule has 4 atom stereocenters. The minimum atomic E-state index is -4.37. The lowest BCUT2D eigenvalue weighted by Gasteiger charge is -2.25. The van der Waals surface area contributed by atoms with Gasteiger partial charge in [0.15, 0.2) is 0 Å². The van der Waals surface area contributed by atoms with Crippen LogP contribution in [0.3, 0.4) is 0 Å². The van der Waals surface area contributed by atoms with Gasteiger partial charge in [-0.3, -0.25) is 13.8 Å². The number of hydrogen-bond acceptors (Lipinski definition) is 6. The zero-order valence-corrected chi connectivity index (χ0v) is 35.4. The number of carbonyl (C=O) groups excluding carboxylic acids is 1. The highest BCUT2D eigenvalue weighted by Gasteiger charge is 2.27.